The molecule has 0 amide bonds. The fourth-order valence-electron chi connectivity index (χ4n) is 4.16. The van der Waals surface area contributed by atoms with E-state index in [0.29, 0.717) is 16.8 Å². The monoisotopic (exact) mass is 541 g/mol. The number of aromatic nitrogens is 6. The molecule has 5 rings (SSSR count). The lowest BCUT2D eigenvalue weighted by Crippen LogP contribution is -2.43. The van der Waals surface area contributed by atoms with Crippen molar-refractivity contribution >= 4 is 34.1 Å². The average molecular weight is 542 g/mol. The standard InChI is InChI=1S/C25H19ClF3N7O2/c1-13-4-16(10-30-9-13)36-24(37)31-23(34(3)21-7-15-12-33(2)32-20(15)8-17(21)26)35(25(36)38)11-14-5-18(27)22(29)19(28)6-14/h4-10,12H,11H2,1-3H3. The SMILES string of the molecule is Cc1cncc(-n2c(=O)nc(N(C)c3cc4cn(C)nc4cc3Cl)n(Cc3cc(F)c(F)c(F)c3)c2=O)c1. The number of hydrogen-bond donors (Lipinski definition) is 0. The Kier molecular flexibility index (Phi) is 6.27. The lowest BCUT2D eigenvalue weighted by atomic mass is 10.2. The van der Waals surface area contributed by atoms with E-state index in [2.05, 4.69) is 15.1 Å². The van der Waals surface area contributed by atoms with E-state index < -0.39 is 35.4 Å². The Hall–Kier alpha value is -4.45. The summed E-state index contributed by atoms with van der Waals surface area (Å²) in [5, 5.41) is 5.29. The number of nitrogens with zero attached hydrogens (tertiary/aromatic N) is 7. The van der Waals surface area contributed by atoms with Crippen molar-refractivity contribution in [3.63, 3.8) is 0 Å². The van der Waals surface area contributed by atoms with E-state index in [9.17, 15) is 22.8 Å². The van der Waals surface area contributed by atoms with Gasteiger partial charge in [0, 0.05) is 31.9 Å². The van der Waals surface area contributed by atoms with Crippen molar-refractivity contribution in [2.45, 2.75) is 13.5 Å². The number of pyridine rings is 1. The van der Waals surface area contributed by atoms with Gasteiger partial charge in [-0.3, -0.25) is 14.2 Å². The molecule has 194 valence electrons. The normalized spacial score (nSPS) is 11.3. The van der Waals surface area contributed by atoms with E-state index >= 15 is 0 Å². The van der Waals surface area contributed by atoms with Gasteiger partial charge in [0.25, 0.3) is 0 Å². The second kappa shape index (κ2) is 9.45. The molecule has 38 heavy (non-hydrogen) atoms. The number of aryl methyl sites for hydroxylation is 2. The Morgan fingerprint density at radius 3 is 2.42 bits per heavy atom. The lowest BCUT2D eigenvalue weighted by Gasteiger charge is -2.24. The van der Waals surface area contributed by atoms with Crippen molar-refractivity contribution in [2.75, 3.05) is 11.9 Å². The molecule has 0 aliphatic rings. The van der Waals surface area contributed by atoms with Gasteiger partial charge in [0.15, 0.2) is 17.5 Å². The van der Waals surface area contributed by atoms with Crippen molar-refractivity contribution < 1.29 is 13.2 Å². The maximum Gasteiger partial charge on any atom is 0.359 e. The minimum Gasteiger partial charge on any atom is -0.313 e. The molecule has 0 fully saturated rings. The Morgan fingerprint density at radius 1 is 1.03 bits per heavy atom. The van der Waals surface area contributed by atoms with Crippen molar-refractivity contribution in [3.05, 3.63) is 103 Å². The van der Waals surface area contributed by atoms with Crippen LogP contribution in [0.4, 0.5) is 24.8 Å². The zero-order chi connectivity index (χ0) is 27.3. The van der Waals surface area contributed by atoms with Crippen LogP contribution in [0.25, 0.3) is 16.6 Å². The van der Waals surface area contributed by atoms with Gasteiger partial charge in [-0.15, -0.1) is 0 Å². The number of halogens is 4. The number of rotatable bonds is 5. The molecule has 2 aromatic carbocycles. The first-order valence-electron chi connectivity index (χ1n) is 11.2. The number of benzene rings is 2. The van der Waals surface area contributed by atoms with E-state index in [1.165, 1.54) is 18.1 Å². The van der Waals surface area contributed by atoms with Gasteiger partial charge in [0.2, 0.25) is 5.95 Å². The molecule has 0 bridgehead atoms. The maximum absolute atomic E-state index is 14.0. The van der Waals surface area contributed by atoms with Crippen molar-refractivity contribution in [3.8, 4) is 5.69 Å². The number of hydrogen-bond acceptors (Lipinski definition) is 6. The van der Waals surface area contributed by atoms with Crippen LogP contribution in [-0.2, 0) is 13.6 Å². The molecule has 0 aliphatic heterocycles. The molecule has 0 spiro atoms. The largest absolute Gasteiger partial charge is 0.359 e. The van der Waals surface area contributed by atoms with Crippen LogP contribution in [0.1, 0.15) is 11.1 Å². The summed E-state index contributed by atoms with van der Waals surface area (Å²) in [7, 11) is 3.28. The highest BCUT2D eigenvalue weighted by Gasteiger charge is 2.22. The van der Waals surface area contributed by atoms with Gasteiger partial charge in [0.1, 0.15) is 0 Å². The molecule has 9 nitrogen and oxygen atoms in total. The predicted octanol–water partition coefficient (Wildman–Crippen LogP) is 3.87. The third kappa shape index (κ3) is 4.43. The Bertz CT molecular complexity index is 1820. The van der Waals surface area contributed by atoms with Gasteiger partial charge in [-0.25, -0.2) is 27.3 Å². The first kappa shape index (κ1) is 25.2. The van der Waals surface area contributed by atoms with Gasteiger partial charge in [-0.1, -0.05) is 11.6 Å². The van der Waals surface area contributed by atoms with Crippen LogP contribution in [0.2, 0.25) is 5.02 Å². The van der Waals surface area contributed by atoms with Gasteiger partial charge in [0.05, 0.1) is 34.7 Å². The van der Waals surface area contributed by atoms with Gasteiger partial charge in [-0.2, -0.15) is 10.1 Å². The van der Waals surface area contributed by atoms with Crippen molar-refractivity contribution in [1.82, 2.24) is 28.9 Å². The summed E-state index contributed by atoms with van der Waals surface area (Å²) in [6.07, 6.45) is 4.62. The molecule has 0 saturated heterocycles. The fourth-order valence-corrected chi connectivity index (χ4v) is 4.45. The van der Waals surface area contributed by atoms with Crippen LogP contribution in [0.3, 0.4) is 0 Å². The van der Waals surface area contributed by atoms with Crippen molar-refractivity contribution in [2.24, 2.45) is 7.05 Å². The minimum absolute atomic E-state index is 0.0682. The maximum atomic E-state index is 14.0. The van der Waals surface area contributed by atoms with Crippen LogP contribution >= 0.6 is 11.6 Å². The van der Waals surface area contributed by atoms with Crippen LogP contribution < -0.4 is 16.3 Å². The molecular weight excluding hydrogens is 523 g/mol. The molecule has 0 unspecified atom stereocenters. The first-order valence-corrected chi connectivity index (χ1v) is 11.6. The summed E-state index contributed by atoms with van der Waals surface area (Å²) in [6, 6.07) is 6.43. The highest BCUT2D eigenvalue weighted by atomic mass is 35.5. The van der Waals surface area contributed by atoms with Crippen LogP contribution in [-0.4, -0.2) is 35.9 Å². The molecule has 0 N–H and O–H groups in total. The second-order valence-corrected chi connectivity index (χ2v) is 9.12. The first-order chi connectivity index (χ1) is 18.0. The van der Waals surface area contributed by atoms with Crippen LogP contribution in [0, 0.1) is 24.4 Å². The van der Waals surface area contributed by atoms with Crippen LogP contribution in [0.5, 0.6) is 0 Å². The second-order valence-electron chi connectivity index (χ2n) is 8.72. The topological polar surface area (TPSA) is 90.8 Å². The predicted molar refractivity (Wildman–Crippen MR) is 136 cm³/mol. The van der Waals surface area contributed by atoms with Crippen LogP contribution in [0.15, 0.2) is 58.5 Å². The number of anilines is 2. The zero-order valence-corrected chi connectivity index (χ0v) is 21.0. The van der Waals surface area contributed by atoms with E-state index in [1.54, 1.807) is 49.2 Å². The molecule has 13 heteroatoms. The van der Waals surface area contributed by atoms with Crippen molar-refractivity contribution in [1.29, 1.82) is 0 Å². The lowest BCUT2D eigenvalue weighted by molar-refractivity contribution is 0.444. The molecule has 0 radical (unpaired) electrons. The molecular formula is C25H19ClF3N7O2. The Labute approximate surface area is 218 Å². The van der Waals surface area contributed by atoms with Gasteiger partial charge >= 0.3 is 11.4 Å². The summed E-state index contributed by atoms with van der Waals surface area (Å²) < 4.78 is 45.0. The summed E-state index contributed by atoms with van der Waals surface area (Å²) in [5.41, 5.74) is 0.0145. The number of fused-ring (bicyclic) bond motifs is 1. The Balaban J connectivity index is 1.74. The summed E-state index contributed by atoms with van der Waals surface area (Å²) in [5.74, 6) is -4.63. The summed E-state index contributed by atoms with van der Waals surface area (Å²) >= 11 is 6.51. The summed E-state index contributed by atoms with van der Waals surface area (Å²) in [6.45, 7) is 1.29. The van der Waals surface area contributed by atoms with E-state index in [-0.39, 0.29) is 22.2 Å². The third-order valence-corrected chi connectivity index (χ3v) is 6.21. The molecule has 0 aliphatic carbocycles. The zero-order valence-electron chi connectivity index (χ0n) is 20.3. The smallest absolute Gasteiger partial charge is 0.313 e. The Morgan fingerprint density at radius 2 is 1.74 bits per heavy atom. The highest BCUT2D eigenvalue weighted by molar-refractivity contribution is 6.34. The molecule has 0 atom stereocenters. The van der Waals surface area contributed by atoms with E-state index in [1.807, 2.05) is 0 Å². The highest BCUT2D eigenvalue weighted by Crippen LogP contribution is 2.33. The quantitative estimate of drug-likeness (QED) is 0.314. The molecule has 3 aromatic heterocycles. The van der Waals surface area contributed by atoms with Gasteiger partial charge < -0.3 is 4.90 Å². The van der Waals surface area contributed by atoms with Gasteiger partial charge in [-0.05, 0) is 48.4 Å². The van der Waals surface area contributed by atoms with E-state index in [0.717, 1.165) is 26.7 Å². The van der Waals surface area contributed by atoms with E-state index in [4.69, 9.17) is 11.6 Å². The fraction of sp³-hybridized carbons (Fsp3) is 0.160. The molecule has 3 heterocycles. The average Bonchev–Trinajstić information content (AvgIpc) is 3.21. The minimum atomic E-state index is -1.64. The molecule has 0 saturated carbocycles. The summed E-state index contributed by atoms with van der Waals surface area (Å²) in [4.78, 5) is 36.4. The molecule has 5 aromatic rings. The third-order valence-electron chi connectivity index (χ3n) is 5.90.